The van der Waals surface area contributed by atoms with Crippen molar-refractivity contribution in [2.75, 3.05) is 18.5 Å². The second kappa shape index (κ2) is 5.12. The molecule has 3 nitrogen and oxygen atoms in total. The van der Waals surface area contributed by atoms with Crippen LogP contribution in [0, 0.1) is 6.92 Å². The van der Waals surface area contributed by atoms with E-state index >= 15 is 0 Å². The van der Waals surface area contributed by atoms with Gasteiger partial charge in [-0.1, -0.05) is 0 Å². The van der Waals surface area contributed by atoms with Gasteiger partial charge in [-0.05, 0) is 38.3 Å². The number of ether oxygens (including phenoxy) is 1. The summed E-state index contributed by atoms with van der Waals surface area (Å²) in [7, 11) is 0. The number of nitrogens with zero attached hydrogens (tertiary/aromatic N) is 1. The molecule has 1 aliphatic rings. The molecule has 1 fully saturated rings. The zero-order chi connectivity index (χ0) is 10.5. The van der Waals surface area contributed by atoms with Crippen LogP contribution in [0.2, 0.25) is 0 Å². The topological polar surface area (TPSA) is 34.1 Å². The standard InChI is InChI=1S/C12H18N2O/c1-10-4-5-12(9-13-10)14-11-3-2-7-15-8-6-11/h4-5,9,11,14H,2-3,6-8H2,1H3. The quantitative estimate of drug-likeness (QED) is 0.806. The first kappa shape index (κ1) is 10.4. The van der Waals surface area contributed by atoms with Crippen LogP contribution in [0.5, 0.6) is 0 Å². The van der Waals surface area contributed by atoms with Crippen molar-refractivity contribution in [1.82, 2.24) is 4.98 Å². The summed E-state index contributed by atoms with van der Waals surface area (Å²) in [5.41, 5.74) is 2.18. The molecule has 0 amide bonds. The van der Waals surface area contributed by atoms with Crippen LogP contribution in [0.15, 0.2) is 18.3 Å². The molecule has 0 spiro atoms. The Morgan fingerprint density at radius 2 is 2.27 bits per heavy atom. The lowest BCUT2D eigenvalue weighted by Crippen LogP contribution is -2.19. The lowest BCUT2D eigenvalue weighted by atomic mass is 10.1. The molecule has 1 aromatic heterocycles. The summed E-state index contributed by atoms with van der Waals surface area (Å²) in [6.07, 6.45) is 5.33. The van der Waals surface area contributed by atoms with Gasteiger partial charge in [-0.15, -0.1) is 0 Å². The van der Waals surface area contributed by atoms with Crippen LogP contribution >= 0.6 is 0 Å². The first-order valence-electron chi connectivity index (χ1n) is 5.61. The molecule has 3 heteroatoms. The fraction of sp³-hybridized carbons (Fsp3) is 0.583. The van der Waals surface area contributed by atoms with Gasteiger partial charge in [0.2, 0.25) is 0 Å². The lowest BCUT2D eigenvalue weighted by Gasteiger charge is -2.16. The van der Waals surface area contributed by atoms with Crippen molar-refractivity contribution in [3.8, 4) is 0 Å². The maximum atomic E-state index is 5.43. The van der Waals surface area contributed by atoms with E-state index in [2.05, 4.69) is 16.4 Å². The molecular weight excluding hydrogens is 188 g/mol. The van der Waals surface area contributed by atoms with E-state index < -0.39 is 0 Å². The summed E-state index contributed by atoms with van der Waals surface area (Å²) in [5, 5.41) is 3.51. The van der Waals surface area contributed by atoms with Crippen molar-refractivity contribution < 1.29 is 4.74 Å². The minimum absolute atomic E-state index is 0.539. The summed E-state index contributed by atoms with van der Waals surface area (Å²) >= 11 is 0. The molecular formula is C12H18N2O. The highest BCUT2D eigenvalue weighted by atomic mass is 16.5. The summed E-state index contributed by atoms with van der Waals surface area (Å²) in [6.45, 7) is 3.78. The number of aryl methyl sites for hydroxylation is 1. The first-order valence-corrected chi connectivity index (χ1v) is 5.61. The highest BCUT2D eigenvalue weighted by Crippen LogP contribution is 2.14. The SMILES string of the molecule is Cc1ccc(NC2CCCOCC2)cn1. The van der Waals surface area contributed by atoms with Gasteiger partial charge in [0.15, 0.2) is 0 Å². The molecule has 1 unspecified atom stereocenters. The molecule has 0 aliphatic carbocycles. The average Bonchev–Trinajstić information content (AvgIpc) is 2.50. The summed E-state index contributed by atoms with van der Waals surface area (Å²) in [4.78, 5) is 4.27. The molecule has 82 valence electrons. The monoisotopic (exact) mass is 206 g/mol. The molecule has 2 heterocycles. The van der Waals surface area contributed by atoms with Gasteiger partial charge < -0.3 is 10.1 Å². The number of hydrogen-bond donors (Lipinski definition) is 1. The molecule has 0 radical (unpaired) electrons. The second-order valence-corrected chi connectivity index (χ2v) is 4.07. The maximum absolute atomic E-state index is 5.43. The largest absolute Gasteiger partial charge is 0.381 e. The number of nitrogens with one attached hydrogen (secondary N) is 1. The van der Waals surface area contributed by atoms with Gasteiger partial charge in [0, 0.05) is 24.9 Å². The Balaban J connectivity index is 1.92. The Labute approximate surface area is 90.9 Å². The Kier molecular flexibility index (Phi) is 3.56. The molecule has 2 rings (SSSR count). The summed E-state index contributed by atoms with van der Waals surface area (Å²) < 4.78 is 5.43. The van der Waals surface area contributed by atoms with Crippen molar-refractivity contribution in [1.29, 1.82) is 0 Å². The van der Waals surface area contributed by atoms with Crippen molar-refractivity contribution in [2.24, 2.45) is 0 Å². The van der Waals surface area contributed by atoms with E-state index in [0.717, 1.165) is 37.4 Å². The van der Waals surface area contributed by atoms with Crippen molar-refractivity contribution in [2.45, 2.75) is 32.2 Å². The molecule has 15 heavy (non-hydrogen) atoms. The molecule has 1 N–H and O–H groups in total. The third kappa shape index (κ3) is 3.20. The predicted molar refractivity (Wildman–Crippen MR) is 61.1 cm³/mol. The minimum atomic E-state index is 0.539. The molecule has 0 bridgehead atoms. The molecule has 0 saturated carbocycles. The van der Waals surface area contributed by atoms with E-state index in [9.17, 15) is 0 Å². The van der Waals surface area contributed by atoms with E-state index in [1.807, 2.05) is 19.2 Å². The van der Waals surface area contributed by atoms with E-state index in [1.54, 1.807) is 0 Å². The molecule has 1 saturated heterocycles. The van der Waals surface area contributed by atoms with Crippen LogP contribution in [0.4, 0.5) is 5.69 Å². The van der Waals surface area contributed by atoms with Crippen molar-refractivity contribution in [3.63, 3.8) is 0 Å². The molecule has 0 aromatic carbocycles. The summed E-state index contributed by atoms with van der Waals surface area (Å²) in [6, 6.07) is 4.67. The van der Waals surface area contributed by atoms with Gasteiger partial charge in [0.1, 0.15) is 0 Å². The Morgan fingerprint density at radius 1 is 1.33 bits per heavy atom. The van der Waals surface area contributed by atoms with Crippen molar-refractivity contribution >= 4 is 5.69 Å². The fourth-order valence-corrected chi connectivity index (χ4v) is 1.84. The fourth-order valence-electron chi connectivity index (χ4n) is 1.84. The van der Waals surface area contributed by atoms with E-state index in [4.69, 9.17) is 4.74 Å². The normalized spacial score (nSPS) is 22.1. The molecule has 1 atom stereocenters. The third-order valence-corrected chi connectivity index (χ3v) is 2.73. The van der Waals surface area contributed by atoms with E-state index in [1.165, 1.54) is 6.42 Å². The number of aromatic nitrogens is 1. The number of anilines is 1. The van der Waals surface area contributed by atoms with Gasteiger partial charge in [-0.3, -0.25) is 4.98 Å². The number of hydrogen-bond acceptors (Lipinski definition) is 3. The van der Waals surface area contributed by atoms with Crippen LogP contribution in [0.1, 0.15) is 25.0 Å². The maximum Gasteiger partial charge on any atom is 0.0529 e. The van der Waals surface area contributed by atoms with E-state index in [-0.39, 0.29) is 0 Å². The Hall–Kier alpha value is -1.09. The van der Waals surface area contributed by atoms with Crippen LogP contribution in [-0.2, 0) is 4.74 Å². The number of pyridine rings is 1. The van der Waals surface area contributed by atoms with Crippen LogP contribution in [0.25, 0.3) is 0 Å². The van der Waals surface area contributed by atoms with E-state index in [0.29, 0.717) is 6.04 Å². The highest BCUT2D eigenvalue weighted by molar-refractivity contribution is 5.41. The third-order valence-electron chi connectivity index (χ3n) is 2.73. The summed E-state index contributed by atoms with van der Waals surface area (Å²) in [5.74, 6) is 0. The second-order valence-electron chi connectivity index (χ2n) is 4.07. The van der Waals surface area contributed by atoms with Crippen LogP contribution in [-0.4, -0.2) is 24.2 Å². The minimum Gasteiger partial charge on any atom is -0.381 e. The molecule has 1 aromatic rings. The molecule has 1 aliphatic heterocycles. The van der Waals surface area contributed by atoms with Crippen molar-refractivity contribution in [3.05, 3.63) is 24.0 Å². The van der Waals surface area contributed by atoms with Gasteiger partial charge >= 0.3 is 0 Å². The average molecular weight is 206 g/mol. The van der Waals surface area contributed by atoms with Crippen LogP contribution in [0.3, 0.4) is 0 Å². The van der Waals surface area contributed by atoms with Gasteiger partial charge in [0.25, 0.3) is 0 Å². The van der Waals surface area contributed by atoms with Crippen LogP contribution < -0.4 is 5.32 Å². The van der Waals surface area contributed by atoms with Gasteiger partial charge in [-0.2, -0.15) is 0 Å². The predicted octanol–water partition coefficient (Wildman–Crippen LogP) is 2.37. The number of rotatable bonds is 2. The lowest BCUT2D eigenvalue weighted by molar-refractivity contribution is 0.144. The van der Waals surface area contributed by atoms with Gasteiger partial charge in [-0.25, -0.2) is 0 Å². The smallest absolute Gasteiger partial charge is 0.0529 e. The Morgan fingerprint density at radius 3 is 3.07 bits per heavy atom. The highest BCUT2D eigenvalue weighted by Gasteiger charge is 2.11. The zero-order valence-electron chi connectivity index (χ0n) is 9.20. The van der Waals surface area contributed by atoms with Gasteiger partial charge in [0.05, 0.1) is 11.9 Å². The first-order chi connectivity index (χ1) is 7.34. The zero-order valence-corrected chi connectivity index (χ0v) is 9.20. The Bertz CT molecular complexity index is 289.